The Morgan fingerprint density at radius 1 is 1.53 bits per heavy atom. The fourth-order valence-electron chi connectivity index (χ4n) is 2.04. The summed E-state index contributed by atoms with van der Waals surface area (Å²) in [5.41, 5.74) is 1.34. The molecule has 1 amide bonds. The number of nitrogens with zero attached hydrogens (tertiary/aromatic N) is 1. The Kier molecular flexibility index (Phi) is 3.33. The van der Waals surface area contributed by atoms with Crippen LogP contribution in [0.4, 0.5) is 0 Å². The van der Waals surface area contributed by atoms with Crippen LogP contribution in [-0.2, 0) is 0 Å². The molecule has 0 spiro atoms. The normalized spacial score (nSPS) is 20.4. The van der Waals surface area contributed by atoms with Crippen LogP contribution in [0.2, 0.25) is 0 Å². The van der Waals surface area contributed by atoms with Gasteiger partial charge in [0.05, 0.1) is 0 Å². The topological polar surface area (TPSA) is 52.6 Å². The van der Waals surface area contributed by atoms with Gasteiger partial charge in [-0.05, 0) is 31.5 Å². The zero-order chi connectivity index (χ0) is 12.4. The number of phenolic OH excluding ortho intramolecular Hbond substituents is 1. The maximum Gasteiger partial charge on any atom is 0.254 e. The molecule has 0 aliphatic carbocycles. The molecular weight excluding hydrogens is 216 g/mol. The molecule has 1 aliphatic heterocycles. The second kappa shape index (κ2) is 4.75. The molecule has 0 saturated carbocycles. The largest absolute Gasteiger partial charge is 0.508 e. The van der Waals surface area contributed by atoms with Gasteiger partial charge in [-0.15, -0.1) is 0 Å². The molecule has 1 fully saturated rings. The third-order valence-electron chi connectivity index (χ3n) is 3.11. The van der Waals surface area contributed by atoms with Crippen molar-refractivity contribution in [1.29, 1.82) is 0 Å². The van der Waals surface area contributed by atoms with Gasteiger partial charge in [0.15, 0.2) is 0 Å². The van der Waals surface area contributed by atoms with Crippen LogP contribution < -0.4 is 5.32 Å². The average molecular weight is 234 g/mol. The van der Waals surface area contributed by atoms with Crippen LogP contribution in [0.1, 0.15) is 22.8 Å². The van der Waals surface area contributed by atoms with Gasteiger partial charge in [0.1, 0.15) is 5.75 Å². The van der Waals surface area contributed by atoms with E-state index < -0.39 is 0 Å². The number of hydrogen-bond acceptors (Lipinski definition) is 3. The predicted octanol–water partition coefficient (Wildman–Crippen LogP) is 1.13. The molecule has 1 aliphatic rings. The number of piperazine rings is 1. The summed E-state index contributed by atoms with van der Waals surface area (Å²) in [6.45, 7) is 6.14. The molecule has 1 saturated heterocycles. The molecule has 17 heavy (non-hydrogen) atoms. The maximum absolute atomic E-state index is 12.2. The first-order valence-corrected chi connectivity index (χ1v) is 5.90. The van der Waals surface area contributed by atoms with Gasteiger partial charge < -0.3 is 15.3 Å². The Bertz CT molecular complexity index is 431. The Hall–Kier alpha value is -1.55. The van der Waals surface area contributed by atoms with E-state index in [0.29, 0.717) is 18.2 Å². The van der Waals surface area contributed by atoms with Crippen molar-refractivity contribution in [1.82, 2.24) is 10.2 Å². The number of aromatic hydroxyl groups is 1. The minimum absolute atomic E-state index is 0.00588. The Balaban J connectivity index is 2.15. The van der Waals surface area contributed by atoms with Gasteiger partial charge in [0.25, 0.3) is 5.91 Å². The highest BCUT2D eigenvalue weighted by Gasteiger charge is 2.21. The maximum atomic E-state index is 12.2. The van der Waals surface area contributed by atoms with Crippen molar-refractivity contribution < 1.29 is 9.90 Å². The monoisotopic (exact) mass is 234 g/mol. The van der Waals surface area contributed by atoms with Crippen molar-refractivity contribution in [3.8, 4) is 5.75 Å². The van der Waals surface area contributed by atoms with Crippen molar-refractivity contribution in [2.24, 2.45) is 0 Å². The number of phenols is 1. The van der Waals surface area contributed by atoms with Crippen LogP contribution in [0.3, 0.4) is 0 Å². The van der Waals surface area contributed by atoms with E-state index in [1.54, 1.807) is 18.2 Å². The van der Waals surface area contributed by atoms with E-state index in [9.17, 15) is 9.90 Å². The molecule has 1 atom stereocenters. The van der Waals surface area contributed by atoms with Crippen LogP contribution in [0.15, 0.2) is 18.2 Å². The Morgan fingerprint density at radius 2 is 2.29 bits per heavy atom. The van der Waals surface area contributed by atoms with Crippen molar-refractivity contribution in [2.45, 2.75) is 19.9 Å². The smallest absolute Gasteiger partial charge is 0.254 e. The number of amides is 1. The van der Waals surface area contributed by atoms with E-state index in [0.717, 1.165) is 18.7 Å². The zero-order valence-corrected chi connectivity index (χ0v) is 10.2. The van der Waals surface area contributed by atoms with Gasteiger partial charge >= 0.3 is 0 Å². The molecule has 2 rings (SSSR count). The molecular formula is C13H18N2O2. The molecule has 2 N–H and O–H groups in total. The SMILES string of the molecule is Cc1ccc(C(=O)N2CCN[C@H](C)C2)cc1O. The molecule has 4 nitrogen and oxygen atoms in total. The van der Waals surface area contributed by atoms with Gasteiger partial charge in [-0.3, -0.25) is 4.79 Å². The van der Waals surface area contributed by atoms with E-state index in [-0.39, 0.29) is 11.7 Å². The first-order valence-electron chi connectivity index (χ1n) is 5.90. The average Bonchev–Trinajstić information content (AvgIpc) is 2.32. The number of carbonyl (C=O) groups is 1. The highest BCUT2D eigenvalue weighted by molar-refractivity contribution is 5.94. The lowest BCUT2D eigenvalue weighted by molar-refractivity contribution is 0.0708. The number of aryl methyl sites for hydroxylation is 1. The lowest BCUT2D eigenvalue weighted by Gasteiger charge is -2.32. The highest BCUT2D eigenvalue weighted by atomic mass is 16.3. The molecule has 92 valence electrons. The zero-order valence-electron chi connectivity index (χ0n) is 10.2. The third kappa shape index (κ3) is 2.58. The quantitative estimate of drug-likeness (QED) is 0.766. The van der Waals surface area contributed by atoms with Gasteiger partial charge in [0, 0.05) is 31.2 Å². The fraction of sp³-hybridized carbons (Fsp3) is 0.462. The van der Waals surface area contributed by atoms with Gasteiger partial charge in [-0.1, -0.05) is 6.07 Å². The summed E-state index contributed by atoms with van der Waals surface area (Å²) in [7, 11) is 0. The summed E-state index contributed by atoms with van der Waals surface area (Å²) >= 11 is 0. The van der Waals surface area contributed by atoms with Crippen LogP contribution in [0.5, 0.6) is 5.75 Å². The molecule has 1 aromatic carbocycles. The van der Waals surface area contributed by atoms with Gasteiger partial charge in [0.2, 0.25) is 0 Å². The molecule has 0 radical (unpaired) electrons. The Morgan fingerprint density at radius 3 is 2.94 bits per heavy atom. The van der Waals surface area contributed by atoms with E-state index in [2.05, 4.69) is 12.2 Å². The van der Waals surface area contributed by atoms with E-state index in [4.69, 9.17) is 0 Å². The van der Waals surface area contributed by atoms with Crippen LogP contribution in [0, 0.1) is 6.92 Å². The van der Waals surface area contributed by atoms with Crippen LogP contribution >= 0.6 is 0 Å². The molecule has 4 heteroatoms. The van der Waals surface area contributed by atoms with Crippen molar-refractivity contribution >= 4 is 5.91 Å². The van der Waals surface area contributed by atoms with Crippen molar-refractivity contribution in [3.05, 3.63) is 29.3 Å². The van der Waals surface area contributed by atoms with Crippen LogP contribution in [0.25, 0.3) is 0 Å². The number of hydrogen-bond donors (Lipinski definition) is 2. The second-order valence-corrected chi connectivity index (χ2v) is 4.61. The van der Waals surface area contributed by atoms with Gasteiger partial charge in [-0.2, -0.15) is 0 Å². The summed E-state index contributed by atoms with van der Waals surface area (Å²) in [6.07, 6.45) is 0. The van der Waals surface area contributed by atoms with Crippen LogP contribution in [-0.4, -0.2) is 41.6 Å². The molecule has 0 unspecified atom stereocenters. The van der Waals surface area contributed by atoms with Crippen molar-refractivity contribution in [2.75, 3.05) is 19.6 Å². The molecule has 1 heterocycles. The predicted molar refractivity (Wildman–Crippen MR) is 66.2 cm³/mol. The molecule has 1 aromatic rings. The third-order valence-corrected chi connectivity index (χ3v) is 3.11. The van der Waals surface area contributed by atoms with Crippen molar-refractivity contribution in [3.63, 3.8) is 0 Å². The van der Waals surface area contributed by atoms with E-state index in [1.807, 2.05) is 11.8 Å². The summed E-state index contributed by atoms with van der Waals surface area (Å²) in [4.78, 5) is 14.0. The van der Waals surface area contributed by atoms with Gasteiger partial charge in [-0.25, -0.2) is 0 Å². The number of carbonyl (C=O) groups excluding carboxylic acids is 1. The minimum Gasteiger partial charge on any atom is -0.508 e. The second-order valence-electron chi connectivity index (χ2n) is 4.61. The molecule has 0 aromatic heterocycles. The first kappa shape index (κ1) is 11.9. The lowest BCUT2D eigenvalue weighted by atomic mass is 10.1. The summed E-state index contributed by atoms with van der Waals surface area (Å²) < 4.78 is 0. The summed E-state index contributed by atoms with van der Waals surface area (Å²) in [5.74, 6) is 0.174. The number of rotatable bonds is 1. The van der Waals surface area contributed by atoms with E-state index >= 15 is 0 Å². The first-order chi connectivity index (χ1) is 8.08. The lowest BCUT2D eigenvalue weighted by Crippen LogP contribution is -2.51. The Labute approximate surface area is 101 Å². The fourth-order valence-corrected chi connectivity index (χ4v) is 2.04. The number of nitrogens with one attached hydrogen (secondary N) is 1. The van der Waals surface area contributed by atoms with E-state index in [1.165, 1.54) is 0 Å². The molecule has 0 bridgehead atoms. The summed E-state index contributed by atoms with van der Waals surface area (Å²) in [5, 5.41) is 12.9. The standard InChI is InChI=1S/C13H18N2O2/c1-9-3-4-11(7-12(9)16)13(17)15-6-5-14-10(2)8-15/h3-4,7,10,14,16H,5-6,8H2,1-2H3/t10-/m1/s1. The highest BCUT2D eigenvalue weighted by Crippen LogP contribution is 2.19. The summed E-state index contributed by atoms with van der Waals surface area (Å²) in [6, 6.07) is 5.41. The minimum atomic E-state index is -0.00588. The number of benzene rings is 1.